The van der Waals surface area contributed by atoms with Crippen LogP contribution in [0.3, 0.4) is 0 Å². The molecule has 112 valence electrons. The smallest absolute Gasteiger partial charge is 0.312 e. The van der Waals surface area contributed by atoms with E-state index < -0.39 is 0 Å². The summed E-state index contributed by atoms with van der Waals surface area (Å²) in [5.41, 5.74) is 1.21. The first kappa shape index (κ1) is 15.4. The van der Waals surface area contributed by atoms with E-state index in [9.17, 15) is 4.79 Å². The fourth-order valence-electron chi connectivity index (χ4n) is 2.32. The molecule has 1 N–H and O–H groups in total. The van der Waals surface area contributed by atoms with Crippen LogP contribution in [0.15, 0.2) is 4.47 Å². The molecule has 0 fully saturated rings. The van der Waals surface area contributed by atoms with E-state index in [1.54, 1.807) is 0 Å². The van der Waals surface area contributed by atoms with Crippen LogP contribution >= 0.6 is 15.9 Å². The number of ether oxygens (including phenoxy) is 1. The van der Waals surface area contributed by atoms with Gasteiger partial charge in [-0.25, -0.2) is 4.68 Å². The zero-order chi connectivity index (χ0) is 14.9. The van der Waals surface area contributed by atoms with Crippen LogP contribution in [-0.2, 0) is 22.5 Å². The summed E-state index contributed by atoms with van der Waals surface area (Å²) in [4.78, 5) is 11.8. The quantitative estimate of drug-likeness (QED) is 0.857. The number of hydrogen-bond donors (Lipinski definition) is 1. The van der Waals surface area contributed by atoms with Gasteiger partial charge in [0.2, 0.25) is 0 Å². The van der Waals surface area contributed by atoms with Crippen molar-refractivity contribution in [1.82, 2.24) is 9.78 Å². The standard InChI is InChI=1S/C14H22BrN3O2/c1-5-20-13(19)9-7-16-12-11(15)10(6-14(2,3)4)17-18(12)8-9/h9,16H,5-8H2,1-4H3. The average molecular weight is 344 g/mol. The topological polar surface area (TPSA) is 56.1 Å². The second-order valence-electron chi connectivity index (χ2n) is 6.36. The zero-order valence-corrected chi connectivity index (χ0v) is 14.1. The highest BCUT2D eigenvalue weighted by atomic mass is 79.9. The number of carbonyl (C=O) groups is 1. The minimum atomic E-state index is -0.170. The molecular formula is C14H22BrN3O2. The molecule has 0 amide bonds. The summed E-state index contributed by atoms with van der Waals surface area (Å²) in [5.74, 6) is 0.635. The van der Waals surface area contributed by atoms with Crippen LogP contribution in [-0.4, -0.2) is 28.9 Å². The van der Waals surface area contributed by atoms with Gasteiger partial charge in [-0.3, -0.25) is 4.79 Å². The zero-order valence-electron chi connectivity index (χ0n) is 12.5. The lowest BCUT2D eigenvalue weighted by Gasteiger charge is -2.23. The van der Waals surface area contributed by atoms with Crippen LogP contribution in [0.4, 0.5) is 5.82 Å². The summed E-state index contributed by atoms with van der Waals surface area (Å²) in [5, 5.41) is 7.91. The monoisotopic (exact) mass is 343 g/mol. The minimum absolute atomic E-state index is 0.158. The van der Waals surface area contributed by atoms with Crippen LogP contribution in [0.5, 0.6) is 0 Å². The number of aromatic nitrogens is 2. The predicted octanol–water partition coefficient (Wildman–Crippen LogP) is 2.84. The highest BCUT2D eigenvalue weighted by molar-refractivity contribution is 9.10. The summed E-state index contributed by atoms with van der Waals surface area (Å²) < 4.78 is 7.96. The van der Waals surface area contributed by atoms with Crippen molar-refractivity contribution in [3.8, 4) is 0 Å². The Bertz CT molecular complexity index is 505. The van der Waals surface area contributed by atoms with Gasteiger partial charge in [0.25, 0.3) is 0 Å². The molecule has 0 spiro atoms. The third kappa shape index (κ3) is 3.34. The molecule has 0 bridgehead atoms. The van der Waals surface area contributed by atoms with E-state index in [-0.39, 0.29) is 17.3 Å². The molecule has 5 nitrogen and oxygen atoms in total. The second kappa shape index (κ2) is 5.76. The summed E-state index contributed by atoms with van der Waals surface area (Å²) >= 11 is 3.62. The molecule has 1 aromatic heterocycles. The van der Waals surface area contributed by atoms with E-state index in [2.05, 4.69) is 47.1 Å². The number of nitrogens with zero attached hydrogens (tertiary/aromatic N) is 2. The van der Waals surface area contributed by atoms with Gasteiger partial charge >= 0.3 is 5.97 Å². The van der Waals surface area contributed by atoms with E-state index in [0.29, 0.717) is 19.7 Å². The van der Waals surface area contributed by atoms with Crippen molar-refractivity contribution in [2.24, 2.45) is 11.3 Å². The lowest BCUT2D eigenvalue weighted by molar-refractivity contribution is -0.148. The average Bonchev–Trinajstić information content (AvgIpc) is 2.64. The molecule has 6 heteroatoms. The molecule has 0 radical (unpaired) electrons. The van der Waals surface area contributed by atoms with Crippen LogP contribution in [0.1, 0.15) is 33.4 Å². The van der Waals surface area contributed by atoms with Gasteiger partial charge in [0, 0.05) is 6.54 Å². The molecule has 1 aliphatic heterocycles. The first-order valence-electron chi connectivity index (χ1n) is 6.97. The highest BCUT2D eigenvalue weighted by Crippen LogP contribution is 2.33. The van der Waals surface area contributed by atoms with Crippen molar-refractivity contribution in [2.75, 3.05) is 18.5 Å². The summed E-state index contributed by atoms with van der Waals surface area (Å²) in [6.07, 6.45) is 0.888. The Morgan fingerprint density at radius 2 is 2.25 bits per heavy atom. The summed E-state index contributed by atoms with van der Waals surface area (Å²) in [7, 11) is 0. The van der Waals surface area contributed by atoms with Crippen molar-refractivity contribution >= 4 is 27.7 Å². The Morgan fingerprint density at radius 1 is 1.55 bits per heavy atom. The first-order valence-corrected chi connectivity index (χ1v) is 7.77. The molecule has 1 atom stereocenters. The van der Waals surface area contributed by atoms with Gasteiger partial charge in [-0.15, -0.1) is 0 Å². The Kier molecular flexibility index (Phi) is 4.42. The lowest BCUT2D eigenvalue weighted by atomic mass is 9.91. The van der Waals surface area contributed by atoms with Gasteiger partial charge in [0.05, 0.1) is 29.2 Å². The first-order chi connectivity index (χ1) is 9.31. The molecule has 0 aromatic carbocycles. The van der Waals surface area contributed by atoms with Crippen molar-refractivity contribution in [3.63, 3.8) is 0 Å². The van der Waals surface area contributed by atoms with E-state index in [1.807, 2.05) is 11.6 Å². The molecule has 2 heterocycles. The maximum Gasteiger partial charge on any atom is 0.312 e. The third-order valence-electron chi connectivity index (χ3n) is 3.19. The van der Waals surface area contributed by atoms with Crippen LogP contribution in [0, 0.1) is 11.3 Å². The van der Waals surface area contributed by atoms with Crippen molar-refractivity contribution in [3.05, 3.63) is 10.2 Å². The molecule has 20 heavy (non-hydrogen) atoms. The normalized spacial score (nSPS) is 18.4. The molecule has 1 unspecified atom stereocenters. The maximum atomic E-state index is 11.8. The molecule has 1 aliphatic rings. The molecule has 1 aromatic rings. The Morgan fingerprint density at radius 3 is 2.85 bits per heavy atom. The van der Waals surface area contributed by atoms with Crippen molar-refractivity contribution < 1.29 is 9.53 Å². The fraction of sp³-hybridized carbons (Fsp3) is 0.714. The largest absolute Gasteiger partial charge is 0.466 e. The van der Waals surface area contributed by atoms with E-state index in [0.717, 1.165) is 22.4 Å². The lowest BCUT2D eigenvalue weighted by Crippen LogP contribution is -2.34. The molecule has 0 saturated carbocycles. The van der Waals surface area contributed by atoms with Gasteiger partial charge in [-0.2, -0.15) is 5.10 Å². The maximum absolute atomic E-state index is 11.8. The summed E-state index contributed by atoms with van der Waals surface area (Å²) in [6.45, 7) is 9.97. The SMILES string of the molecule is CCOC(=O)C1CNc2c(Br)c(CC(C)(C)C)nn2C1. The number of fused-ring (bicyclic) bond motifs is 1. The number of esters is 1. The Hall–Kier alpha value is -1.04. The molecule has 2 rings (SSSR count). The van der Waals surface area contributed by atoms with Gasteiger partial charge in [-0.05, 0) is 34.7 Å². The van der Waals surface area contributed by atoms with Crippen LogP contribution in [0.25, 0.3) is 0 Å². The number of hydrogen-bond acceptors (Lipinski definition) is 4. The minimum Gasteiger partial charge on any atom is -0.466 e. The van der Waals surface area contributed by atoms with E-state index in [4.69, 9.17) is 4.74 Å². The number of nitrogens with one attached hydrogen (secondary N) is 1. The van der Waals surface area contributed by atoms with Gasteiger partial charge in [-0.1, -0.05) is 20.8 Å². The Balaban J connectivity index is 2.17. The van der Waals surface area contributed by atoms with Crippen LogP contribution < -0.4 is 5.32 Å². The van der Waals surface area contributed by atoms with Gasteiger partial charge in [0.1, 0.15) is 5.82 Å². The van der Waals surface area contributed by atoms with Crippen molar-refractivity contribution in [2.45, 2.75) is 40.7 Å². The van der Waals surface area contributed by atoms with E-state index in [1.165, 1.54) is 0 Å². The van der Waals surface area contributed by atoms with Crippen molar-refractivity contribution in [1.29, 1.82) is 0 Å². The molecule has 0 aliphatic carbocycles. The van der Waals surface area contributed by atoms with E-state index >= 15 is 0 Å². The highest BCUT2D eigenvalue weighted by Gasteiger charge is 2.29. The second-order valence-corrected chi connectivity index (χ2v) is 7.15. The third-order valence-corrected chi connectivity index (χ3v) is 4.02. The molecule has 0 saturated heterocycles. The van der Waals surface area contributed by atoms with Crippen LogP contribution in [0.2, 0.25) is 0 Å². The number of halogens is 1. The number of carbonyl (C=O) groups excluding carboxylic acids is 1. The van der Waals surface area contributed by atoms with Gasteiger partial charge < -0.3 is 10.1 Å². The Labute approximate surface area is 128 Å². The number of anilines is 1. The summed E-state index contributed by atoms with van der Waals surface area (Å²) in [6, 6.07) is 0. The van der Waals surface area contributed by atoms with Gasteiger partial charge in [0.15, 0.2) is 0 Å². The fourth-order valence-corrected chi connectivity index (χ4v) is 2.88. The predicted molar refractivity (Wildman–Crippen MR) is 81.7 cm³/mol. The number of rotatable bonds is 3. The molecular weight excluding hydrogens is 322 g/mol.